The van der Waals surface area contributed by atoms with Crippen molar-refractivity contribution in [3.05, 3.63) is 48.5 Å². The highest BCUT2D eigenvalue weighted by Crippen LogP contribution is 2.23. The summed E-state index contributed by atoms with van der Waals surface area (Å²) in [6.45, 7) is 0. The van der Waals surface area contributed by atoms with Crippen molar-refractivity contribution in [1.29, 1.82) is 0 Å². The van der Waals surface area contributed by atoms with Crippen LogP contribution in [0.2, 0.25) is 0 Å². The first-order valence-electron chi connectivity index (χ1n) is 4.34. The number of benzene rings is 2. The van der Waals surface area contributed by atoms with E-state index in [1.807, 2.05) is 24.3 Å². The summed E-state index contributed by atoms with van der Waals surface area (Å²) in [5.74, 6) is 0.514. The Morgan fingerprint density at radius 2 is 0.750 bits per heavy atom. The fourth-order valence-corrected chi connectivity index (χ4v) is 1.31. The molecule has 0 aliphatic heterocycles. The van der Waals surface area contributed by atoms with Crippen LogP contribution in [0.25, 0.3) is 11.1 Å². The molecule has 0 aromatic heterocycles. The fourth-order valence-electron chi connectivity index (χ4n) is 1.31. The predicted octanol–water partition coefficient (Wildman–Crippen LogP) is 3.61. The maximum Gasteiger partial charge on any atom is 0.115 e. The van der Waals surface area contributed by atoms with Crippen molar-refractivity contribution in [2.24, 2.45) is 0 Å². The van der Waals surface area contributed by atoms with Crippen molar-refractivity contribution >= 4 is 24.8 Å². The summed E-state index contributed by atoms with van der Waals surface area (Å²) in [6.07, 6.45) is 0. The lowest BCUT2D eigenvalue weighted by Crippen LogP contribution is -1.75. The molecule has 0 unspecified atom stereocenters. The first-order chi connectivity index (χ1) is 6.75. The number of hydrogen-bond acceptors (Lipinski definition) is 2. The first kappa shape index (κ1) is 14.6. The molecular formula is C12H12Cl2O2. The van der Waals surface area contributed by atoms with Gasteiger partial charge in [0.25, 0.3) is 0 Å². The summed E-state index contributed by atoms with van der Waals surface area (Å²) in [4.78, 5) is 0. The molecule has 4 heteroatoms. The van der Waals surface area contributed by atoms with Gasteiger partial charge in [0.2, 0.25) is 0 Å². The molecule has 2 aromatic carbocycles. The summed E-state index contributed by atoms with van der Waals surface area (Å²) < 4.78 is 0. The van der Waals surface area contributed by atoms with Gasteiger partial charge in [-0.15, -0.1) is 24.8 Å². The van der Waals surface area contributed by atoms with E-state index in [2.05, 4.69) is 0 Å². The number of hydrogen-bond donors (Lipinski definition) is 2. The van der Waals surface area contributed by atoms with E-state index < -0.39 is 0 Å². The third kappa shape index (κ3) is 3.33. The minimum absolute atomic E-state index is 0. The van der Waals surface area contributed by atoms with Gasteiger partial charge in [0.15, 0.2) is 0 Å². The van der Waals surface area contributed by atoms with Crippen molar-refractivity contribution in [2.75, 3.05) is 0 Å². The lowest BCUT2D eigenvalue weighted by atomic mass is 10.1. The van der Waals surface area contributed by atoms with Crippen LogP contribution in [0.5, 0.6) is 11.5 Å². The molecule has 0 spiro atoms. The molecule has 86 valence electrons. The van der Waals surface area contributed by atoms with Gasteiger partial charge in [-0.25, -0.2) is 0 Å². The molecular weight excluding hydrogens is 247 g/mol. The lowest BCUT2D eigenvalue weighted by molar-refractivity contribution is 0.474. The van der Waals surface area contributed by atoms with Gasteiger partial charge in [-0.05, 0) is 35.4 Å². The van der Waals surface area contributed by atoms with Gasteiger partial charge >= 0.3 is 0 Å². The van der Waals surface area contributed by atoms with Crippen LogP contribution in [0.3, 0.4) is 0 Å². The van der Waals surface area contributed by atoms with E-state index in [9.17, 15) is 0 Å². The van der Waals surface area contributed by atoms with Crippen molar-refractivity contribution in [3.63, 3.8) is 0 Å². The van der Waals surface area contributed by atoms with Crippen LogP contribution in [0.1, 0.15) is 0 Å². The van der Waals surface area contributed by atoms with Gasteiger partial charge < -0.3 is 10.2 Å². The molecule has 0 bridgehead atoms. The number of aromatic hydroxyl groups is 2. The van der Waals surface area contributed by atoms with E-state index in [-0.39, 0.29) is 36.3 Å². The lowest BCUT2D eigenvalue weighted by Gasteiger charge is -2.01. The zero-order valence-electron chi connectivity index (χ0n) is 8.33. The van der Waals surface area contributed by atoms with Gasteiger partial charge in [-0.2, -0.15) is 0 Å². The molecule has 0 aliphatic rings. The average molecular weight is 259 g/mol. The quantitative estimate of drug-likeness (QED) is 0.821. The van der Waals surface area contributed by atoms with E-state index >= 15 is 0 Å². The molecule has 2 nitrogen and oxygen atoms in total. The second-order valence-electron chi connectivity index (χ2n) is 3.09. The van der Waals surface area contributed by atoms with Gasteiger partial charge in [-0.1, -0.05) is 24.3 Å². The van der Waals surface area contributed by atoms with Gasteiger partial charge in [0, 0.05) is 0 Å². The maximum absolute atomic E-state index is 9.11. The Bertz CT molecular complexity index is 380. The van der Waals surface area contributed by atoms with E-state index in [1.165, 1.54) is 0 Å². The third-order valence-electron chi connectivity index (χ3n) is 2.07. The third-order valence-corrected chi connectivity index (χ3v) is 2.07. The van der Waals surface area contributed by atoms with E-state index in [0.29, 0.717) is 0 Å². The fraction of sp³-hybridized carbons (Fsp3) is 0. The topological polar surface area (TPSA) is 40.5 Å². The van der Waals surface area contributed by atoms with Crippen LogP contribution in [0, 0.1) is 0 Å². The summed E-state index contributed by atoms with van der Waals surface area (Å²) in [5, 5.41) is 18.2. The standard InChI is InChI=1S/C12H10O2.2ClH/c13-11-5-1-9(2-6-11)10-3-7-12(14)8-4-10;;/h1-8,13-14H;2*1H. The van der Waals surface area contributed by atoms with Crippen LogP contribution in [-0.4, -0.2) is 10.2 Å². The van der Waals surface area contributed by atoms with Gasteiger partial charge in [-0.3, -0.25) is 0 Å². The molecule has 0 atom stereocenters. The highest BCUT2D eigenvalue weighted by molar-refractivity contribution is 5.85. The van der Waals surface area contributed by atoms with Crippen LogP contribution in [0.4, 0.5) is 0 Å². The Morgan fingerprint density at radius 3 is 1.00 bits per heavy atom. The van der Waals surface area contributed by atoms with Crippen molar-refractivity contribution in [3.8, 4) is 22.6 Å². The van der Waals surface area contributed by atoms with Gasteiger partial charge in [0.05, 0.1) is 0 Å². The Labute approximate surface area is 106 Å². The molecule has 0 saturated heterocycles. The Balaban J connectivity index is 0.00000112. The van der Waals surface area contributed by atoms with Gasteiger partial charge in [0.1, 0.15) is 11.5 Å². The Hall–Kier alpha value is -1.38. The molecule has 0 amide bonds. The summed E-state index contributed by atoms with van der Waals surface area (Å²) >= 11 is 0. The monoisotopic (exact) mass is 258 g/mol. The molecule has 0 saturated carbocycles. The van der Waals surface area contributed by atoms with E-state index in [0.717, 1.165) is 11.1 Å². The zero-order valence-corrected chi connectivity index (χ0v) is 9.96. The number of halogens is 2. The smallest absolute Gasteiger partial charge is 0.115 e. The highest BCUT2D eigenvalue weighted by atomic mass is 35.5. The molecule has 2 aromatic rings. The summed E-state index contributed by atoms with van der Waals surface area (Å²) in [7, 11) is 0. The molecule has 0 fully saturated rings. The second-order valence-corrected chi connectivity index (χ2v) is 3.09. The SMILES string of the molecule is Cl.Cl.Oc1ccc(-c2ccc(O)cc2)cc1. The molecule has 2 N–H and O–H groups in total. The van der Waals surface area contributed by atoms with Crippen LogP contribution < -0.4 is 0 Å². The minimum Gasteiger partial charge on any atom is -0.508 e. The average Bonchev–Trinajstić information content (AvgIpc) is 2.21. The Kier molecular flexibility index (Phi) is 5.72. The van der Waals surface area contributed by atoms with Crippen molar-refractivity contribution < 1.29 is 10.2 Å². The molecule has 0 heterocycles. The molecule has 0 radical (unpaired) electrons. The first-order valence-corrected chi connectivity index (χ1v) is 4.34. The normalized spacial score (nSPS) is 8.75. The maximum atomic E-state index is 9.11. The summed E-state index contributed by atoms with van der Waals surface area (Å²) in [5.41, 5.74) is 2.03. The number of rotatable bonds is 1. The van der Waals surface area contributed by atoms with Crippen molar-refractivity contribution in [2.45, 2.75) is 0 Å². The van der Waals surface area contributed by atoms with E-state index in [1.54, 1.807) is 24.3 Å². The Morgan fingerprint density at radius 1 is 0.500 bits per heavy atom. The largest absolute Gasteiger partial charge is 0.508 e. The highest BCUT2D eigenvalue weighted by Gasteiger charge is 1.96. The predicted molar refractivity (Wildman–Crippen MR) is 69.7 cm³/mol. The van der Waals surface area contributed by atoms with Crippen LogP contribution >= 0.6 is 24.8 Å². The van der Waals surface area contributed by atoms with Crippen molar-refractivity contribution in [1.82, 2.24) is 0 Å². The van der Waals surface area contributed by atoms with E-state index in [4.69, 9.17) is 10.2 Å². The van der Waals surface area contributed by atoms with Crippen LogP contribution in [-0.2, 0) is 0 Å². The van der Waals surface area contributed by atoms with Crippen LogP contribution in [0.15, 0.2) is 48.5 Å². The number of phenols is 2. The molecule has 0 aliphatic carbocycles. The summed E-state index contributed by atoms with van der Waals surface area (Å²) in [6, 6.07) is 13.9. The number of phenolic OH excluding ortho intramolecular Hbond substituents is 2. The minimum atomic E-state index is 0. The molecule has 16 heavy (non-hydrogen) atoms. The second kappa shape index (κ2) is 6.26. The zero-order chi connectivity index (χ0) is 9.97. The molecule has 2 rings (SSSR count).